The van der Waals surface area contributed by atoms with Crippen LogP contribution in [0.5, 0.6) is 0 Å². The van der Waals surface area contributed by atoms with Crippen LogP contribution in [-0.4, -0.2) is 51.3 Å². The summed E-state index contributed by atoms with van der Waals surface area (Å²) in [5.41, 5.74) is 2.87. The van der Waals surface area contributed by atoms with Crippen LogP contribution < -0.4 is 10.6 Å². The van der Waals surface area contributed by atoms with E-state index in [9.17, 15) is 14.4 Å². The molecule has 0 radical (unpaired) electrons. The van der Waals surface area contributed by atoms with Gasteiger partial charge in [0.25, 0.3) is 5.91 Å². The van der Waals surface area contributed by atoms with Crippen molar-refractivity contribution < 1.29 is 14.4 Å². The van der Waals surface area contributed by atoms with Gasteiger partial charge in [-0.25, -0.2) is 4.79 Å². The Hall–Kier alpha value is -3.68. The van der Waals surface area contributed by atoms with E-state index in [1.54, 1.807) is 36.0 Å². The average Bonchev–Trinajstić information content (AvgIpc) is 3.16. The molecule has 0 fully saturated rings. The standard InChI is InChI=1S/C25H29N5O3/c1-5-29-19-15-30(25(3,4)23(32)27-14-17-7-6-12-26-13-17)22(31)20(19)21(28-24(29)33)18-10-8-16(2)9-11-18/h6-13,21H,5,14-15H2,1-4H3,(H,27,32)(H,28,33)/t21-/m0/s1. The van der Waals surface area contributed by atoms with Crippen LogP contribution in [0.25, 0.3) is 0 Å². The Morgan fingerprint density at radius 3 is 2.58 bits per heavy atom. The van der Waals surface area contributed by atoms with E-state index in [2.05, 4.69) is 15.6 Å². The summed E-state index contributed by atoms with van der Waals surface area (Å²) < 4.78 is 0. The van der Waals surface area contributed by atoms with Crippen LogP contribution in [0.4, 0.5) is 4.79 Å². The maximum absolute atomic E-state index is 13.7. The number of nitrogens with zero attached hydrogens (tertiary/aromatic N) is 3. The first-order valence-electron chi connectivity index (χ1n) is 11.1. The van der Waals surface area contributed by atoms with Crippen LogP contribution in [0.2, 0.25) is 0 Å². The Morgan fingerprint density at radius 1 is 1.21 bits per heavy atom. The second-order valence-electron chi connectivity index (χ2n) is 8.89. The van der Waals surface area contributed by atoms with Crippen LogP contribution in [0, 0.1) is 6.92 Å². The molecule has 1 aromatic carbocycles. The largest absolute Gasteiger partial charge is 0.350 e. The molecule has 3 heterocycles. The first-order valence-corrected chi connectivity index (χ1v) is 11.1. The molecular formula is C25H29N5O3. The van der Waals surface area contributed by atoms with Crippen LogP contribution in [0.1, 0.15) is 43.5 Å². The fourth-order valence-electron chi connectivity index (χ4n) is 4.31. The molecule has 0 unspecified atom stereocenters. The van der Waals surface area contributed by atoms with Crippen LogP contribution >= 0.6 is 0 Å². The van der Waals surface area contributed by atoms with E-state index in [1.807, 2.05) is 50.2 Å². The van der Waals surface area contributed by atoms with Crippen molar-refractivity contribution in [3.8, 4) is 0 Å². The molecule has 8 heteroatoms. The summed E-state index contributed by atoms with van der Waals surface area (Å²) in [6.07, 6.45) is 3.37. The van der Waals surface area contributed by atoms with Gasteiger partial charge in [0.2, 0.25) is 5.91 Å². The lowest BCUT2D eigenvalue weighted by Crippen LogP contribution is -2.56. The second kappa shape index (κ2) is 8.69. The van der Waals surface area contributed by atoms with E-state index < -0.39 is 11.6 Å². The monoisotopic (exact) mass is 447 g/mol. The highest BCUT2D eigenvalue weighted by atomic mass is 16.2. The number of amides is 4. The van der Waals surface area contributed by atoms with Crippen molar-refractivity contribution in [1.82, 2.24) is 25.4 Å². The van der Waals surface area contributed by atoms with Crippen molar-refractivity contribution in [2.45, 2.75) is 45.8 Å². The lowest BCUT2D eigenvalue weighted by molar-refractivity contribution is -0.141. The van der Waals surface area contributed by atoms with E-state index in [-0.39, 0.29) is 24.4 Å². The zero-order valence-electron chi connectivity index (χ0n) is 19.4. The van der Waals surface area contributed by atoms with Gasteiger partial charge in [-0.15, -0.1) is 0 Å². The summed E-state index contributed by atoms with van der Waals surface area (Å²) in [6, 6.07) is 10.7. The molecule has 2 aromatic rings. The van der Waals surface area contributed by atoms with E-state index in [1.165, 1.54) is 0 Å². The molecule has 172 valence electrons. The number of carbonyl (C=O) groups is 3. The molecule has 0 bridgehead atoms. The molecule has 0 saturated carbocycles. The van der Waals surface area contributed by atoms with E-state index in [0.717, 1.165) is 16.7 Å². The SMILES string of the molecule is CCN1C(=O)N[C@@H](c2ccc(C)cc2)C2=C1CN(C(C)(C)C(=O)NCc1cccnc1)C2=O. The number of hydrogen-bond acceptors (Lipinski definition) is 4. The summed E-state index contributed by atoms with van der Waals surface area (Å²) in [5.74, 6) is -0.510. The van der Waals surface area contributed by atoms with Gasteiger partial charge in [-0.2, -0.15) is 0 Å². The second-order valence-corrected chi connectivity index (χ2v) is 8.89. The van der Waals surface area contributed by atoms with E-state index in [4.69, 9.17) is 0 Å². The predicted octanol–water partition coefficient (Wildman–Crippen LogP) is 2.67. The van der Waals surface area contributed by atoms with Gasteiger partial charge < -0.3 is 15.5 Å². The van der Waals surface area contributed by atoms with Crippen molar-refractivity contribution in [2.75, 3.05) is 13.1 Å². The minimum Gasteiger partial charge on any atom is -0.350 e. The third-order valence-electron chi connectivity index (χ3n) is 6.36. The Bertz CT molecular complexity index is 1110. The highest BCUT2D eigenvalue weighted by Crippen LogP contribution is 2.38. The molecule has 0 saturated heterocycles. The lowest BCUT2D eigenvalue weighted by atomic mass is 9.94. The zero-order valence-corrected chi connectivity index (χ0v) is 19.4. The molecule has 1 atom stereocenters. The first kappa shape index (κ1) is 22.5. The Labute approximate surface area is 193 Å². The first-order chi connectivity index (χ1) is 15.7. The number of hydrogen-bond donors (Lipinski definition) is 2. The lowest BCUT2D eigenvalue weighted by Gasteiger charge is -2.35. The molecular weight excluding hydrogens is 418 g/mol. The van der Waals surface area contributed by atoms with Gasteiger partial charge in [-0.3, -0.25) is 19.5 Å². The number of carbonyl (C=O) groups excluding carboxylic acids is 3. The smallest absolute Gasteiger partial charge is 0.322 e. The third-order valence-corrected chi connectivity index (χ3v) is 6.36. The fraction of sp³-hybridized carbons (Fsp3) is 0.360. The molecule has 2 aliphatic heterocycles. The summed E-state index contributed by atoms with van der Waals surface area (Å²) in [7, 11) is 0. The highest BCUT2D eigenvalue weighted by Gasteiger charge is 2.49. The molecule has 4 rings (SSSR count). The number of nitrogens with one attached hydrogen (secondary N) is 2. The van der Waals surface area contributed by atoms with Crippen molar-refractivity contribution in [3.63, 3.8) is 0 Å². The van der Waals surface area contributed by atoms with Gasteiger partial charge in [0.1, 0.15) is 5.54 Å². The molecule has 33 heavy (non-hydrogen) atoms. The van der Waals surface area contributed by atoms with Crippen molar-refractivity contribution in [2.24, 2.45) is 0 Å². The number of aromatic nitrogens is 1. The van der Waals surface area contributed by atoms with Gasteiger partial charge in [-0.1, -0.05) is 35.9 Å². The van der Waals surface area contributed by atoms with Crippen LogP contribution in [0.3, 0.4) is 0 Å². The van der Waals surface area contributed by atoms with Crippen LogP contribution in [-0.2, 0) is 16.1 Å². The van der Waals surface area contributed by atoms with Gasteiger partial charge in [-0.05, 0) is 44.9 Å². The van der Waals surface area contributed by atoms with Gasteiger partial charge in [0, 0.05) is 25.5 Å². The molecule has 0 spiro atoms. The molecule has 4 amide bonds. The number of aryl methyl sites for hydroxylation is 1. The third kappa shape index (κ3) is 4.08. The fourth-order valence-corrected chi connectivity index (χ4v) is 4.31. The topological polar surface area (TPSA) is 94.6 Å². The summed E-state index contributed by atoms with van der Waals surface area (Å²) in [4.78, 5) is 46.9. The average molecular weight is 448 g/mol. The van der Waals surface area contributed by atoms with Crippen molar-refractivity contribution in [1.29, 1.82) is 0 Å². The van der Waals surface area contributed by atoms with Crippen molar-refractivity contribution >= 4 is 17.8 Å². The number of likely N-dealkylation sites (N-methyl/N-ethyl adjacent to an activating group) is 1. The number of benzene rings is 1. The van der Waals surface area contributed by atoms with Gasteiger partial charge in [0.15, 0.2) is 0 Å². The summed E-state index contributed by atoms with van der Waals surface area (Å²) in [5, 5.41) is 5.89. The number of urea groups is 1. The molecule has 2 aliphatic rings. The highest BCUT2D eigenvalue weighted by molar-refractivity contribution is 6.04. The van der Waals surface area contributed by atoms with Crippen molar-refractivity contribution in [3.05, 3.63) is 76.8 Å². The number of pyridine rings is 1. The molecule has 1 aromatic heterocycles. The van der Waals surface area contributed by atoms with E-state index in [0.29, 0.717) is 24.4 Å². The maximum atomic E-state index is 13.7. The molecule has 2 N–H and O–H groups in total. The minimum atomic E-state index is -1.11. The van der Waals surface area contributed by atoms with E-state index >= 15 is 0 Å². The Balaban J connectivity index is 1.61. The van der Waals surface area contributed by atoms with Gasteiger partial charge in [0.05, 0.1) is 23.9 Å². The molecule has 8 nitrogen and oxygen atoms in total. The van der Waals surface area contributed by atoms with Crippen LogP contribution in [0.15, 0.2) is 60.1 Å². The summed E-state index contributed by atoms with van der Waals surface area (Å²) in [6.45, 7) is 8.27. The minimum absolute atomic E-state index is 0.200. The maximum Gasteiger partial charge on any atom is 0.322 e. The Morgan fingerprint density at radius 2 is 1.94 bits per heavy atom. The predicted molar refractivity (Wildman–Crippen MR) is 124 cm³/mol. The molecule has 0 aliphatic carbocycles. The quantitative estimate of drug-likeness (QED) is 0.712. The summed E-state index contributed by atoms with van der Waals surface area (Å²) >= 11 is 0. The zero-order chi connectivity index (χ0) is 23.8. The normalized spacial score (nSPS) is 18.4. The Kier molecular flexibility index (Phi) is 5.93. The number of rotatable bonds is 6. The van der Waals surface area contributed by atoms with Gasteiger partial charge >= 0.3 is 6.03 Å².